The molecule has 1 fully saturated rings. The highest BCUT2D eigenvalue weighted by Gasteiger charge is 2.25. The summed E-state index contributed by atoms with van der Waals surface area (Å²) in [5.74, 6) is 2.06. The third-order valence-electron chi connectivity index (χ3n) is 2.96. The van der Waals surface area contributed by atoms with Crippen molar-refractivity contribution in [2.24, 2.45) is 0 Å². The van der Waals surface area contributed by atoms with Gasteiger partial charge in [0.2, 0.25) is 0 Å². The van der Waals surface area contributed by atoms with Crippen LogP contribution in [0.15, 0.2) is 24.4 Å². The van der Waals surface area contributed by atoms with Gasteiger partial charge in [-0.1, -0.05) is 6.07 Å². The minimum absolute atomic E-state index is 0.329. The summed E-state index contributed by atoms with van der Waals surface area (Å²) < 4.78 is 11.1. The largest absolute Gasteiger partial charge is 0.493 e. The highest BCUT2D eigenvalue weighted by molar-refractivity contribution is 5.75. The quantitative estimate of drug-likeness (QED) is 0.866. The van der Waals surface area contributed by atoms with E-state index in [1.54, 1.807) is 13.3 Å². The number of nitrogens with zero attached hydrogens (tertiary/aromatic N) is 1. The number of nitrogens with two attached hydrogens (primary N) is 1. The van der Waals surface area contributed by atoms with Crippen LogP contribution in [0.3, 0.4) is 0 Å². The number of nitrogens with one attached hydrogen (secondary N) is 1. The molecule has 1 aromatic heterocycles. The van der Waals surface area contributed by atoms with Gasteiger partial charge >= 0.3 is 0 Å². The maximum atomic E-state index is 5.83. The molecule has 94 valence electrons. The second-order valence-corrected chi connectivity index (χ2v) is 4.38. The summed E-state index contributed by atoms with van der Waals surface area (Å²) in [6.07, 6.45) is 4.26. The predicted octanol–water partition coefficient (Wildman–Crippen LogP) is 2.21. The Kier molecular flexibility index (Phi) is 2.59. The van der Waals surface area contributed by atoms with Crippen molar-refractivity contribution in [1.29, 1.82) is 0 Å². The first-order valence-corrected chi connectivity index (χ1v) is 5.92. The number of aromatic nitrogens is 2. The fraction of sp³-hybridized carbons (Fsp3) is 0.308. The lowest BCUT2D eigenvalue weighted by Crippen LogP contribution is -1.99. The van der Waals surface area contributed by atoms with E-state index >= 15 is 0 Å². The maximum absolute atomic E-state index is 5.83. The van der Waals surface area contributed by atoms with Crippen LogP contribution in [0.25, 0.3) is 11.1 Å². The Bertz CT molecular complexity index is 561. The molecule has 1 aliphatic carbocycles. The summed E-state index contributed by atoms with van der Waals surface area (Å²) in [5, 5.41) is 6.65. The molecule has 5 heteroatoms. The van der Waals surface area contributed by atoms with Gasteiger partial charge in [-0.2, -0.15) is 5.10 Å². The fourth-order valence-corrected chi connectivity index (χ4v) is 1.83. The molecule has 0 spiro atoms. The van der Waals surface area contributed by atoms with Gasteiger partial charge in [0, 0.05) is 5.56 Å². The first-order valence-electron chi connectivity index (χ1n) is 5.92. The second kappa shape index (κ2) is 4.25. The molecule has 0 saturated heterocycles. The summed E-state index contributed by atoms with van der Waals surface area (Å²) in [6.45, 7) is 0. The highest BCUT2D eigenvalue weighted by atomic mass is 16.5. The Morgan fingerprint density at radius 2 is 2.17 bits per heavy atom. The van der Waals surface area contributed by atoms with Gasteiger partial charge in [-0.15, -0.1) is 0 Å². The van der Waals surface area contributed by atoms with Gasteiger partial charge in [-0.05, 0) is 30.5 Å². The van der Waals surface area contributed by atoms with Crippen LogP contribution in [0.5, 0.6) is 11.5 Å². The first kappa shape index (κ1) is 11.0. The Labute approximate surface area is 105 Å². The van der Waals surface area contributed by atoms with Crippen LogP contribution < -0.4 is 15.2 Å². The lowest BCUT2D eigenvalue weighted by Gasteiger charge is -2.11. The van der Waals surface area contributed by atoms with Crippen molar-refractivity contribution in [3.8, 4) is 22.6 Å². The Balaban J connectivity index is 1.98. The van der Waals surface area contributed by atoms with E-state index in [2.05, 4.69) is 10.2 Å². The number of rotatable bonds is 4. The van der Waals surface area contributed by atoms with E-state index in [4.69, 9.17) is 15.2 Å². The van der Waals surface area contributed by atoms with E-state index in [0.717, 1.165) is 35.5 Å². The Morgan fingerprint density at radius 3 is 2.78 bits per heavy atom. The molecule has 1 heterocycles. The number of H-pyrrole nitrogens is 1. The number of hydrogen-bond acceptors (Lipinski definition) is 4. The van der Waals surface area contributed by atoms with E-state index in [9.17, 15) is 0 Å². The number of benzene rings is 1. The van der Waals surface area contributed by atoms with Crippen LogP contribution in [0.1, 0.15) is 12.8 Å². The summed E-state index contributed by atoms with van der Waals surface area (Å²) in [5.41, 5.74) is 7.66. The third kappa shape index (κ3) is 1.99. The molecule has 1 aliphatic rings. The highest BCUT2D eigenvalue weighted by Crippen LogP contribution is 2.37. The van der Waals surface area contributed by atoms with Crippen molar-refractivity contribution < 1.29 is 9.47 Å². The number of anilines is 1. The number of nitrogen functional groups attached to an aromatic ring is 1. The lowest BCUT2D eigenvalue weighted by atomic mass is 10.1. The summed E-state index contributed by atoms with van der Waals surface area (Å²) >= 11 is 0. The van der Waals surface area contributed by atoms with Crippen LogP contribution in [-0.4, -0.2) is 23.4 Å². The molecule has 0 atom stereocenters. The van der Waals surface area contributed by atoms with Gasteiger partial charge in [0.15, 0.2) is 11.5 Å². The Hall–Kier alpha value is -2.17. The molecule has 1 aromatic carbocycles. The maximum Gasteiger partial charge on any atom is 0.162 e. The van der Waals surface area contributed by atoms with Gasteiger partial charge in [-0.25, -0.2) is 0 Å². The van der Waals surface area contributed by atoms with E-state index in [0.29, 0.717) is 11.9 Å². The van der Waals surface area contributed by atoms with Crippen molar-refractivity contribution in [3.05, 3.63) is 24.4 Å². The molecule has 1 saturated carbocycles. The summed E-state index contributed by atoms with van der Waals surface area (Å²) in [4.78, 5) is 0. The molecule has 0 radical (unpaired) electrons. The molecule has 2 aromatic rings. The van der Waals surface area contributed by atoms with Crippen molar-refractivity contribution in [2.45, 2.75) is 18.9 Å². The zero-order chi connectivity index (χ0) is 12.5. The van der Waals surface area contributed by atoms with Gasteiger partial charge in [0.05, 0.1) is 19.4 Å². The van der Waals surface area contributed by atoms with E-state index < -0.39 is 0 Å². The summed E-state index contributed by atoms with van der Waals surface area (Å²) in [6, 6.07) is 5.78. The van der Waals surface area contributed by atoms with Crippen molar-refractivity contribution in [3.63, 3.8) is 0 Å². The predicted molar refractivity (Wildman–Crippen MR) is 68.6 cm³/mol. The lowest BCUT2D eigenvalue weighted by molar-refractivity contribution is 0.282. The number of methoxy groups -OCH3 is 1. The van der Waals surface area contributed by atoms with Gasteiger partial charge in [0.1, 0.15) is 5.82 Å². The van der Waals surface area contributed by atoms with E-state index in [1.807, 2.05) is 18.2 Å². The average Bonchev–Trinajstić information content (AvgIpc) is 3.09. The number of aromatic amines is 1. The molecule has 3 N–H and O–H groups in total. The van der Waals surface area contributed by atoms with Crippen molar-refractivity contribution in [2.75, 3.05) is 12.8 Å². The molecule has 5 nitrogen and oxygen atoms in total. The number of ether oxygens (including phenoxy) is 2. The molecule has 0 aliphatic heterocycles. The Morgan fingerprint density at radius 1 is 1.33 bits per heavy atom. The summed E-state index contributed by atoms with van der Waals surface area (Å²) in [7, 11) is 1.64. The zero-order valence-electron chi connectivity index (χ0n) is 10.1. The van der Waals surface area contributed by atoms with Crippen LogP contribution in [-0.2, 0) is 0 Å². The smallest absolute Gasteiger partial charge is 0.162 e. The monoisotopic (exact) mass is 245 g/mol. The average molecular weight is 245 g/mol. The second-order valence-electron chi connectivity index (χ2n) is 4.38. The molecular weight excluding hydrogens is 230 g/mol. The third-order valence-corrected chi connectivity index (χ3v) is 2.96. The molecule has 18 heavy (non-hydrogen) atoms. The van der Waals surface area contributed by atoms with Crippen molar-refractivity contribution in [1.82, 2.24) is 10.2 Å². The van der Waals surface area contributed by atoms with Crippen LogP contribution in [0.4, 0.5) is 5.82 Å². The van der Waals surface area contributed by atoms with Crippen LogP contribution in [0, 0.1) is 0 Å². The first-order chi connectivity index (χ1) is 8.78. The minimum Gasteiger partial charge on any atom is -0.493 e. The van der Waals surface area contributed by atoms with Gasteiger partial charge in [0.25, 0.3) is 0 Å². The molecule has 3 rings (SSSR count). The number of hydrogen-bond donors (Lipinski definition) is 2. The topological polar surface area (TPSA) is 73.2 Å². The van der Waals surface area contributed by atoms with Crippen LogP contribution in [0.2, 0.25) is 0 Å². The van der Waals surface area contributed by atoms with Gasteiger partial charge in [-0.3, -0.25) is 5.10 Å². The normalized spacial score (nSPS) is 14.5. The van der Waals surface area contributed by atoms with Crippen molar-refractivity contribution >= 4 is 5.82 Å². The van der Waals surface area contributed by atoms with Gasteiger partial charge < -0.3 is 15.2 Å². The fourth-order valence-electron chi connectivity index (χ4n) is 1.83. The van der Waals surface area contributed by atoms with E-state index in [1.165, 1.54) is 0 Å². The molecule has 0 amide bonds. The minimum atomic E-state index is 0.329. The standard InChI is InChI=1S/C13H15N3O2/c1-17-11-5-2-8(10-7-15-16-13(10)14)6-12(11)18-9-3-4-9/h2,5-7,9H,3-4H2,1H3,(H3,14,15,16). The molecular formula is C13H15N3O2. The van der Waals surface area contributed by atoms with E-state index in [-0.39, 0.29) is 0 Å². The van der Waals surface area contributed by atoms with Crippen LogP contribution >= 0.6 is 0 Å². The molecule has 0 bridgehead atoms. The zero-order valence-corrected chi connectivity index (χ0v) is 10.1. The SMILES string of the molecule is COc1ccc(-c2cn[nH]c2N)cc1OC1CC1. The molecule has 0 unspecified atom stereocenters.